The Labute approximate surface area is 92.2 Å². The molecule has 1 aliphatic heterocycles. The van der Waals surface area contributed by atoms with Gasteiger partial charge in [0, 0.05) is 13.8 Å². The first-order chi connectivity index (χ1) is 7.49. The zero-order valence-corrected chi connectivity index (χ0v) is 9.01. The van der Waals surface area contributed by atoms with E-state index < -0.39 is 30.5 Å². The zero-order valence-electron chi connectivity index (χ0n) is 9.01. The van der Waals surface area contributed by atoms with Crippen molar-refractivity contribution in [3.05, 3.63) is 12.2 Å². The summed E-state index contributed by atoms with van der Waals surface area (Å²) in [6, 6.07) is 0. The van der Waals surface area contributed by atoms with Gasteiger partial charge < -0.3 is 14.2 Å². The molecule has 0 saturated heterocycles. The van der Waals surface area contributed by atoms with Crippen LogP contribution < -0.4 is 0 Å². The Morgan fingerprint density at radius 3 is 2.56 bits per heavy atom. The molecule has 1 rings (SSSR count). The van der Waals surface area contributed by atoms with Gasteiger partial charge in [0.1, 0.15) is 18.8 Å². The molecule has 0 bridgehead atoms. The molecule has 0 aromatic heterocycles. The summed E-state index contributed by atoms with van der Waals surface area (Å²) in [5, 5.41) is 0. The highest BCUT2D eigenvalue weighted by Crippen LogP contribution is 2.17. The van der Waals surface area contributed by atoms with Gasteiger partial charge in [0.05, 0.1) is 0 Å². The van der Waals surface area contributed by atoms with E-state index in [1.54, 1.807) is 0 Å². The number of rotatable bonds is 3. The minimum Gasteiger partial charge on any atom is -0.463 e. The fourth-order valence-corrected chi connectivity index (χ4v) is 1.25. The van der Waals surface area contributed by atoms with Gasteiger partial charge in [-0.3, -0.25) is 9.59 Å². The standard InChI is InChI=1S/C10H13FO5/c1-6(12)14-5-9-8(15-7(2)13)3-4-10(11)16-9/h3-4,8-10H,5H2,1-2H3/t8-,9+,10-/m0/s1. The molecule has 90 valence electrons. The third-order valence-corrected chi connectivity index (χ3v) is 1.88. The Balaban J connectivity index is 2.58. The molecule has 0 aromatic rings. The Morgan fingerprint density at radius 1 is 1.31 bits per heavy atom. The van der Waals surface area contributed by atoms with E-state index in [9.17, 15) is 14.0 Å². The van der Waals surface area contributed by atoms with Gasteiger partial charge in [-0.2, -0.15) is 0 Å². The van der Waals surface area contributed by atoms with Crippen molar-refractivity contribution in [3.8, 4) is 0 Å². The molecule has 0 unspecified atom stereocenters. The van der Waals surface area contributed by atoms with Gasteiger partial charge >= 0.3 is 11.9 Å². The number of ether oxygens (including phenoxy) is 3. The van der Waals surface area contributed by atoms with Crippen molar-refractivity contribution >= 4 is 11.9 Å². The Hall–Kier alpha value is -1.43. The lowest BCUT2D eigenvalue weighted by atomic mass is 10.1. The zero-order chi connectivity index (χ0) is 12.1. The molecule has 16 heavy (non-hydrogen) atoms. The number of halogens is 1. The first-order valence-electron chi connectivity index (χ1n) is 4.77. The number of carbonyl (C=O) groups is 2. The summed E-state index contributed by atoms with van der Waals surface area (Å²) in [5.74, 6) is -1.02. The maximum atomic E-state index is 12.9. The normalized spacial score (nSPS) is 28.6. The number of esters is 2. The van der Waals surface area contributed by atoms with Crippen LogP contribution in [0.3, 0.4) is 0 Å². The van der Waals surface area contributed by atoms with Crippen LogP contribution in [0.25, 0.3) is 0 Å². The quantitative estimate of drug-likeness (QED) is 0.530. The Morgan fingerprint density at radius 2 is 2.00 bits per heavy atom. The molecular weight excluding hydrogens is 219 g/mol. The van der Waals surface area contributed by atoms with Crippen molar-refractivity contribution in [2.75, 3.05) is 6.61 Å². The van der Waals surface area contributed by atoms with Gasteiger partial charge in [0.2, 0.25) is 6.36 Å². The third kappa shape index (κ3) is 3.98. The molecule has 5 nitrogen and oxygen atoms in total. The second-order valence-electron chi connectivity index (χ2n) is 3.29. The Bertz CT molecular complexity index is 302. The predicted octanol–water partition coefficient (Wildman–Crippen LogP) is 0.732. The maximum Gasteiger partial charge on any atom is 0.303 e. The van der Waals surface area contributed by atoms with Crippen LogP contribution in [0.5, 0.6) is 0 Å². The first kappa shape index (κ1) is 12.6. The molecule has 0 radical (unpaired) electrons. The molecular formula is C10H13FO5. The van der Waals surface area contributed by atoms with Gasteiger partial charge in [0.15, 0.2) is 0 Å². The summed E-state index contributed by atoms with van der Waals surface area (Å²) in [4.78, 5) is 21.4. The molecule has 0 amide bonds. The molecule has 0 N–H and O–H groups in total. The highest BCUT2D eigenvalue weighted by atomic mass is 19.1. The largest absolute Gasteiger partial charge is 0.463 e. The number of hydrogen-bond acceptors (Lipinski definition) is 5. The first-order valence-corrected chi connectivity index (χ1v) is 4.77. The van der Waals surface area contributed by atoms with Gasteiger partial charge in [0.25, 0.3) is 0 Å². The highest BCUT2D eigenvalue weighted by molar-refractivity contribution is 5.66. The van der Waals surface area contributed by atoms with E-state index in [-0.39, 0.29) is 6.61 Å². The van der Waals surface area contributed by atoms with Crippen LogP contribution in [0.4, 0.5) is 4.39 Å². The van der Waals surface area contributed by atoms with Crippen molar-refractivity contribution in [2.45, 2.75) is 32.4 Å². The van der Waals surface area contributed by atoms with Crippen LogP contribution in [0, 0.1) is 0 Å². The van der Waals surface area contributed by atoms with Gasteiger partial charge in [-0.25, -0.2) is 4.39 Å². The second kappa shape index (κ2) is 5.60. The van der Waals surface area contributed by atoms with Crippen LogP contribution in [0.15, 0.2) is 12.2 Å². The Kier molecular flexibility index (Phi) is 4.42. The smallest absolute Gasteiger partial charge is 0.303 e. The van der Waals surface area contributed by atoms with Gasteiger partial charge in [-0.15, -0.1) is 0 Å². The highest BCUT2D eigenvalue weighted by Gasteiger charge is 2.30. The van der Waals surface area contributed by atoms with Crippen LogP contribution in [-0.4, -0.2) is 37.1 Å². The van der Waals surface area contributed by atoms with E-state index >= 15 is 0 Å². The van der Waals surface area contributed by atoms with E-state index in [1.807, 2.05) is 0 Å². The van der Waals surface area contributed by atoms with Crippen LogP contribution in [-0.2, 0) is 23.8 Å². The monoisotopic (exact) mass is 232 g/mol. The molecule has 0 aliphatic carbocycles. The second-order valence-corrected chi connectivity index (χ2v) is 3.29. The van der Waals surface area contributed by atoms with E-state index in [2.05, 4.69) is 4.74 Å². The fraction of sp³-hybridized carbons (Fsp3) is 0.600. The number of alkyl halides is 1. The van der Waals surface area contributed by atoms with E-state index in [0.717, 1.165) is 6.08 Å². The van der Waals surface area contributed by atoms with E-state index in [0.29, 0.717) is 0 Å². The van der Waals surface area contributed by atoms with Gasteiger partial charge in [-0.1, -0.05) is 0 Å². The van der Waals surface area contributed by atoms with Crippen molar-refractivity contribution < 1.29 is 28.2 Å². The summed E-state index contributed by atoms with van der Waals surface area (Å²) in [5.41, 5.74) is 0. The molecule has 0 fully saturated rings. The summed E-state index contributed by atoms with van der Waals surface area (Å²) in [6.07, 6.45) is -0.606. The third-order valence-electron chi connectivity index (χ3n) is 1.88. The molecule has 1 heterocycles. The molecule has 1 aliphatic rings. The summed E-state index contributed by atoms with van der Waals surface area (Å²) in [6.45, 7) is 2.31. The molecule has 6 heteroatoms. The van der Waals surface area contributed by atoms with Crippen molar-refractivity contribution in [1.29, 1.82) is 0 Å². The van der Waals surface area contributed by atoms with Crippen molar-refractivity contribution in [2.24, 2.45) is 0 Å². The summed E-state index contributed by atoms with van der Waals surface area (Å²) >= 11 is 0. The minimum atomic E-state index is -1.58. The maximum absolute atomic E-state index is 12.9. The average Bonchev–Trinajstić information content (AvgIpc) is 2.17. The number of carbonyl (C=O) groups excluding carboxylic acids is 2. The summed E-state index contributed by atoms with van der Waals surface area (Å²) in [7, 11) is 0. The lowest BCUT2D eigenvalue weighted by Crippen LogP contribution is -2.40. The van der Waals surface area contributed by atoms with Crippen molar-refractivity contribution in [1.82, 2.24) is 0 Å². The lowest BCUT2D eigenvalue weighted by molar-refractivity contribution is -0.171. The SMILES string of the molecule is CC(=O)OC[C@H]1O[C@H](F)C=C[C@@H]1OC(C)=O. The van der Waals surface area contributed by atoms with Crippen LogP contribution in [0.2, 0.25) is 0 Å². The topological polar surface area (TPSA) is 61.8 Å². The van der Waals surface area contributed by atoms with Crippen LogP contribution in [0.1, 0.15) is 13.8 Å². The number of hydrogen-bond donors (Lipinski definition) is 0. The molecule has 3 atom stereocenters. The van der Waals surface area contributed by atoms with Gasteiger partial charge in [-0.05, 0) is 12.2 Å². The minimum absolute atomic E-state index is 0.155. The summed E-state index contributed by atoms with van der Waals surface area (Å²) < 4.78 is 27.3. The molecule has 0 saturated carbocycles. The van der Waals surface area contributed by atoms with Crippen LogP contribution >= 0.6 is 0 Å². The predicted molar refractivity (Wildman–Crippen MR) is 51.1 cm³/mol. The van der Waals surface area contributed by atoms with E-state index in [4.69, 9.17) is 9.47 Å². The molecule has 0 spiro atoms. The van der Waals surface area contributed by atoms with E-state index in [1.165, 1.54) is 19.9 Å². The lowest BCUT2D eigenvalue weighted by Gasteiger charge is -2.28. The average molecular weight is 232 g/mol. The fourth-order valence-electron chi connectivity index (χ4n) is 1.25. The van der Waals surface area contributed by atoms with Crippen molar-refractivity contribution in [3.63, 3.8) is 0 Å². The molecule has 0 aromatic carbocycles.